The van der Waals surface area contributed by atoms with Crippen molar-refractivity contribution in [3.05, 3.63) is 65.0 Å². The van der Waals surface area contributed by atoms with Gasteiger partial charge >= 0.3 is 0 Å². The zero-order chi connectivity index (χ0) is 13.8. The third-order valence-electron chi connectivity index (χ3n) is 3.36. The Balaban J connectivity index is 2.07. The van der Waals surface area contributed by atoms with Gasteiger partial charge in [0, 0.05) is 18.3 Å². The van der Waals surface area contributed by atoms with Crippen molar-refractivity contribution in [3.8, 4) is 0 Å². The van der Waals surface area contributed by atoms with Crippen LogP contribution in [-0.4, -0.2) is 10.1 Å². The zero-order valence-corrected chi connectivity index (χ0v) is 11.8. The lowest BCUT2D eigenvalue weighted by Gasteiger charge is -2.12. The molecule has 0 saturated heterocycles. The smallest absolute Gasteiger partial charge is 0.0845 e. The average Bonchev–Trinajstić information content (AvgIpc) is 2.41. The number of hydrogen-bond donors (Lipinski definition) is 1. The van der Waals surface area contributed by atoms with Crippen LogP contribution in [0.2, 0.25) is 0 Å². The minimum atomic E-state index is -0.489. The molecule has 1 aromatic carbocycles. The maximum atomic E-state index is 10.2. The fourth-order valence-corrected chi connectivity index (χ4v) is 2.04. The predicted molar refractivity (Wildman–Crippen MR) is 78.2 cm³/mol. The minimum absolute atomic E-state index is 0.489. The fourth-order valence-electron chi connectivity index (χ4n) is 2.04. The van der Waals surface area contributed by atoms with Crippen LogP contribution in [0.15, 0.2) is 42.6 Å². The van der Waals surface area contributed by atoms with E-state index < -0.39 is 6.10 Å². The van der Waals surface area contributed by atoms with Crippen molar-refractivity contribution in [2.45, 2.75) is 39.2 Å². The highest BCUT2D eigenvalue weighted by atomic mass is 16.3. The number of aromatic nitrogens is 1. The molecule has 1 N–H and O–H groups in total. The van der Waals surface area contributed by atoms with Crippen LogP contribution in [0, 0.1) is 6.92 Å². The van der Waals surface area contributed by atoms with E-state index in [4.69, 9.17) is 0 Å². The van der Waals surface area contributed by atoms with Gasteiger partial charge in [0.25, 0.3) is 0 Å². The van der Waals surface area contributed by atoms with E-state index in [9.17, 15) is 5.11 Å². The SMILES string of the molecule is Cc1ccc(CC(O)c2ccc(C(C)C)cc2)nc1. The maximum absolute atomic E-state index is 10.2. The van der Waals surface area contributed by atoms with Gasteiger partial charge in [-0.1, -0.05) is 44.2 Å². The molecule has 0 radical (unpaired) electrons. The predicted octanol–water partition coefficient (Wildman–Crippen LogP) is 3.79. The van der Waals surface area contributed by atoms with Crippen molar-refractivity contribution < 1.29 is 5.11 Å². The number of aryl methyl sites for hydroxylation is 1. The van der Waals surface area contributed by atoms with Gasteiger partial charge in [-0.2, -0.15) is 0 Å². The molecule has 19 heavy (non-hydrogen) atoms. The Labute approximate surface area is 115 Å². The molecule has 2 rings (SSSR count). The van der Waals surface area contributed by atoms with Crippen molar-refractivity contribution in [2.24, 2.45) is 0 Å². The summed E-state index contributed by atoms with van der Waals surface area (Å²) in [4.78, 5) is 4.33. The number of benzene rings is 1. The molecule has 1 heterocycles. The molecule has 0 amide bonds. The molecule has 2 aromatic rings. The number of aliphatic hydroxyl groups is 1. The Hall–Kier alpha value is -1.67. The van der Waals surface area contributed by atoms with Gasteiger partial charge in [-0.15, -0.1) is 0 Å². The van der Waals surface area contributed by atoms with E-state index in [1.54, 1.807) is 0 Å². The highest BCUT2D eigenvalue weighted by molar-refractivity contribution is 5.27. The lowest BCUT2D eigenvalue weighted by atomic mass is 9.98. The van der Waals surface area contributed by atoms with Crippen LogP contribution in [0.5, 0.6) is 0 Å². The summed E-state index contributed by atoms with van der Waals surface area (Å²) < 4.78 is 0. The first kappa shape index (κ1) is 13.8. The number of nitrogens with zero attached hydrogens (tertiary/aromatic N) is 1. The standard InChI is InChI=1S/C17H21NO/c1-12(2)14-5-7-15(8-6-14)17(19)10-16-9-4-13(3)11-18-16/h4-9,11-12,17,19H,10H2,1-3H3. The highest BCUT2D eigenvalue weighted by Gasteiger charge is 2.10. The first-order chi connectivity index (χ1) is 9.06. The molecule has 2 heteroatoms. The quantitative estimate of drug-likeness (QED) is 0.901. The van der Waals surface area contributed by atoms with Crippen molar-refractivity contribution in [2.75, 3.05) is 0 Å². The van der Waals surface area contributed by atoms with Gasteiger partial charge in [-0.05, 0) is 35.6 Å². The van der Waals surface area contributed by atoms with Crippen molar-refractivity contribution in [1.82, 2.24) is 4.98 Å². The highest BCUT2D eigenvalue weighted by Crippen LogP contribution is 2.21. The van der Waals surface area contributed by atoms with Crippen molar-refractivity contribution in [1.29, 1.82) is 0 Å². The first-order valence-corrected chi connectivity index (χ1v) is 6.75. The molecule has 1 unspecified atom stereocenters. The minimum Gasteiger partial charge on any atom is -0.388 e. The molecule has 0 aliphatic heterocycles. The monoisotopic (exact) mass is 255 g/mol. The summed E-state index contributed by atoms with van der Waals surface area (Å²) in [6.07, 6.45) is 1.90. The van der Waals surface area contributed by atoms with Crippen LogP contribution in [0.1, 0.15) is 48.3 Å². The lowest BCUT2D eigenvalue weighted by Crippen LogP contribution is -2.03. The largest absolute Gasteiger partial charge is 0.388 e. The van der Waals surface area contributed by atoms with Crippen LogP contribution in [0.3, 0.4) is 0 Å². The molecule has 0 saturated carbocycles. The molecule has 0 spiro atoms. The maximum Gasteiger partial charge on any atom is 0.0845 e. The molecule has 0 aliphatic carbocycles. The summed E-state index contributed by atoms with van der Waals surface area (Å²) in [6.45, 7) is 6.35. The summed E-state index contributed by atoms with van der Waals surface area (Å²) >= 11 is 0. The summed E-state index contributed by atoms with van der Waals surface area (Å²) in [5, 5.41) is 10.2. The first-order valence-electron chi connectivity index (χ1n) is 6.75. The molecular formula is C17H21NO. The normalized spacial score (nSPS) is 12.7. The molecule has 0 aliphatic rings. The third-order valence-corrected chi connectivity index (χ3v) is 3.36. The second-order valence-corrected chi connectivity index (χ2v) is 5.37. The fraction of sp³-hybridized carbons (Fsp3) is 0.353. The summed E-state index contributed by atoms with van der Waals surface area (Å²) in [5.74, 6) is 0.518. The van der Waals surface area contributed by atoms with Crippen LogP contribution >= 0.6 is 0 Å². The number of aliphatic hydroxyl groups excluding tert-OH is 1. The number of rotatable bonds is 4. The number of pyridine rings is 1. The van der Waals surface area contributed by atoms with Gasteiger partial charge < -0.3 is 5.11 Å². The Bertz CT molecular complexity index is 514. The summed E-state index contributed by atoms with van der Waals surface area (Å²) in [7, 11) is 0. The van der Waals surface area contributed by atoms with E-state index in [0.717, 1.165) is 16.8 Å². The molecule has 2 nitrogen and oxygen atoms in total. The molecule has 0 bridgehead atoms. The summed E-state index contributed by atoms with van der Waals surface area (Å²) in [6, 6.07) is 12.2. The Morgan fingerprint density at radius 1 is 1.00 bits per heavy atom. The molecule has 0 fully saturated rings. The van der Waals surface area contributed by atoms with E-state index in [-0.39, 0.29) is 0 Å². The van der Waals surface area contributed by atoms with Gasteiger partial charge in [-0.3, -0.25) is 4.98 Å². The van der Waals surface area contributed by atoms with Crippen molar-refractivity contribution in [3.63, 3.8) is 0 Å². The van der Waals surface area contributed by atoms with Gasteiger partial charge in [-0.25, -0.2) is 0 Å². The average molecular weight is 255 g/mol. The van der Waals surface area contributed by atoms with Crippen molar-refractivity contribution >= 4 is 0 Å². The zero-order valence-electron chi connectivity index (χ0n) is 11.8. The molecule has 100 valence electrons. The van der Waals surface area contributed by atoms with Gasteiger partial charge in [0.1, 0.15) is 0 Å². The third kappa shape index (κ3) is 3.65. The summed E-state index contributed by atoms with van der Waals surface area (Å²) in [5.41, 5.74) is 4.31. The van der Waals surface area contributed by atoms with E-state index in [0.29, 0.717) is 12.3 Å². The van der Waals surface area contributed by atoms with E-state index in [1.165, 1.54) is 5.56 Å². The second kappa shape index (κ2) is 5.98. The van der Waals surface area contributed by atoms with Crippen LogP contribution < -0.4 is 0 Å². The topological polar surface area (TPSA) is 33.1 Å². The van der Waals surface area contributed by atoms with Gasteiger partial charge in [0.05, 0.1) is 6.10 Å². The Kier molecular flexibility index (Phi) is 4.33. The molecule has 1 atom stereocenters. The lowest BCUT2D eigenvalue weighted by molar-refractivity contribution is 0.177. The van der Waals surface area contributed by atoms with E-state index in [2.05, 4.69) is 31.0 Å². The van der Waals surface area contributed by atoms with Crippen LogP contribution in [0.4, 0.5) is 0 Å². The second-order valence-electron chi connectivity index (χ2n) is 5.37. The van der Waals surface area contributed by atoms with E-state index in [1.807, 2.05) is 37.4 Å². The van der Waals surface area contributed by atoms with Gasteiger partial charge in [0.2, 0.25) is 0 Å². The van der Waals surface area contributed by atoms with Crippen LogP contribution in [0.25, 0.3) is 0 Å². The molecular weight excluding hydrogens is 234 g/mol. The Morgan fingerprint density at radius 2 is 1.63 bits per heavy atom. The Morgan fingerprint density at radius 3 is 2.16 bits per heavy atom. The van der Waals surface area contributed by atoms with E-state index >= 15 is 0 Å². The number of hydrogen-bond acceptors (Lipinski definition) is 2. The van der Waals surface area contributed by atoms with Crippen LogP contribution in [-0.2, 0) is 6.42 Å². The van der Waals surface area contributed by atoms with Gasteiger partial charge in [0.15, 0.2) is 0 Å². The molecule has 1 aromatic heterocycles.